The summed E-state index contributed by atoms with van der Waals surface area (Å²) in [4.78, 5) is 35.0. The molecule has 1 aliphatic rings. The summed E-state index contributed by atoms with van der Waals surface area (Å²) < 4.78 is 9.72. The van der Waals surface area contributed by atoms with Crippen LogP contribution in [0.25, 0.3) is 10.8 Å². The highest BCUT2D eigenvalue weighted by atomic mass is 16.6. The number of ether oxygens (including phenoxy) is 2. The molecule has 1 atom stereocenters. The molecule has 1 fully saturated rings. The first kappa shape index (κ1) is 16.0. The molecule has 0 bridgehead atoms. The van der Waals surface area contributed by atoms with E-state index in [1.54, 1.807) is 12.1 Å². The number of fused-ring (bicyclic) bond motifs is 1. The zero-order valence-corrected chi connectivity index (χ0v) is 13.0. The molecule has 0 aromatic heterocycles. The second kappa shape index (κ2) is 7.12. The quantitative estimate of drug-likeness (QED) is 0.847. The molecule has 1 N–H and O–H groups in total. The molecule has 0 saturated carbocycles. The Kier molecular flexibility index (Phi) is 4.74. The minimum Gasteiger partial charge on any atom is -0.463 e. The Morgan fingerprint density at radius 1 is 1.17 bits per heavy atom. The second-order valence-corrected chi connectivity index (χ2v) is 5.50. The molecule has 0 spiro atoms. The van der Waals surface area contributed by atoms with Crippen LogP contribution in [0.3, 0.4) is 0 Å². The molecule has 3 rings (SSSR count). The summed E-state index contributed by atoms with van der Waals surface area (Å²) in [6, 6.07) is 13.2. The summed E-state index contributed by atoms with van der Waals surface area (Å²) in [6.45, 7) is 0.418. The highest BCUT2D eigenvalue weighted by Gasteiger charge is 2.29. The van der Waals surface area contributed by atoms with Crippen LogP contribution in [0.2, 0.25) is 0 Å². The van der Waals surface area contributed by atoms with Crippen molar-refractivity contribution >= 4 is 28.6 Å². The Morgan fingerprint density at radius 2 is 1.96 bits per heavy atom. The largest absolute Gasteiger partial charge is 0.463 e. The fourth-order valence-corrected chi connectivity index (χ4v) is 2.51. The van der Waals surface area contributed by atoms with Crippen molar-refractivity contribution in [1.82, 2.24) is 5.32 Å². The molecule has 2 aromatic carbocycles. The van der Waals surface area contributed by atoms with Gasteiger partial charge in [0.2, 0.25) is 6.10 Å². The van der Waals surface area contributed by atoms with Crippen LogP contribution in [0.15, 0.2) is 42.5 Å². The molecule has 2 aromatic rings. The Labute approximate surface area is 138 Å². The number of cyclic esters (lactones) is 1. The average Bonchev–Trinajstić information content (AvgIpc) is 2.99. The summed E-state index contributed by atoms with van der Waals surface area (Å²) in [5.41, 5.74) is 0.529. The number of carbonyl (C=O) groups is 3. The Bertz CT molecular complexity index is 786. The number of esters is 2. The topological polar surface area (TPSA) is 81.7 Å². The fraction of sp³-hybridized carbons (Fsp3) is 0.278. The molecule has 6 nitrogen and oxygen atoms in total. The van der Waals surface area contributed by atoms with E-state index in [2.05, 4.69) is 5.32 Å². The number of hydrogen-bond donors (Lipinski definition) is 1. The SMILES string of the molecule is O=C(CCNC(=O)c1ccc2ccccc2c1)OC1CCOC1=O. The monoisotopic (exact) mass is 327 g/mol. The van der Waals surface area contributed by atoms with Crippen LogP contribution in [0, 0.1) is 0 Å². The van der Waals surface area contributed by atoms with Crippen LogP contribution < -0.4 is 5.32 Å². The van der Waals surface area contributed by atoms with Crippen LogP contribution in [0.1, 0.15) is 23.2 Å². The second-order valence-electron chi connectivity index (χ2n) is 5.50. The summed E-state index contributed by atoms with van der Waals surface area (Å²) in [5, 5.41) is 4.71. The van der Waals surface area contributed by atoms with Crippen LogP contribution in [-0.2, 0) is 19.1 Å². The molecule has 24 heavy (non-hydrogen) atoms. The maximum Gasteiger partial charge on any atom is 0.347 e. The van der Waals surface area contributed by atoms with E-state index >= 15 is 0 Å². The fourth-order valence-electron chi connectivity index (χ4n) is 2.51. The van der Waals surface area contributed by atoms with Crippen molar-refractivity contribution < 1.29 is 23.9 Å². The van der Waals surface area contributed by atoms with Gasteiger partial charge in [0.1, 0.15) is 0 Å². The Hall–Kier alpha value is -2.89. The van der Waals surface area contributed by atoms with Gasteiger partial charge in [-0.2, -0.15) is 0 Å². The van der Waals surface area contributed by atoms with Crippen molar-refractivity contribution in [3.8, 4) is 0 Å². The minimum absolute atomic E-state index is 0.00308. The first-order valence-electron chi connectivity index (χ1n) is 7.76. The lowest BCUT2D eigenvalue weighted by Crippen LogP contribution is -2.28. The van der Waals surface area contributed by atoms with E-state index in [1.165, 1.54) is 0 Å². The molecule has 1 heterocycles. The zero-order chi connectivity index (χ0) is 16.9. The molecule has 124 valence electrons. The number of hydrogen-bond acceptors (Lipinski definition) is 5. The predicted octanol–water partition coefficient (Wildman–Crippen LogP) is 1.82. The van der Waals surface area contributed by atoms with Crippen LogP contribution in [0.5, 0.6) is 0 Å². The van der Waals surface area contributed by atoms with E-state index in [4.69, 9.17) is 9.47 Å². The van der Waals surface area contributed by atoms with Gasteiger partial charge in [-0.15, -0.1) is 0 Å². The van der Waals surface area contributed by atoms with Crippen molar-refractivity contribution in [2.24, 2.45) is 0 Å². The molecule has 1 amide bonds. The Balaban J connectivity index is 1.49. The van der Waals surface area contributed by atoms with E-state index in [1.807, 2.05) is 30.3 Å². The lowest BCUT2D eigenvalue weighted by atomic mass is 10.1. The predicted molar refractivity (Wildman–Crippen MR) is 86.4 cm³/mol. The third kappa shape index (κ3) is 3.71. The number of benzene rings is 2. The molecule has 0 aliphatic carbocycles. The van der Waals surface area contributed by atoms with Crippen molar-refractivity contribution in [3.05, 3.63) is 48.0 Å². The molecule has 1 aliphatic heterocycles. The molecule has 0 radical (unpaired) electrons. The molecule has 1 unspecified atom stereocenters. The lowest BCUT2D eigenvalue weighted by Gasteiger charge is -2.09. The van der Waals surface area contributed by atoms with Crippen molar-refractivity contribution in [3.63, 3.8) is 0 Å². The normalized spacial score (nSPS) is 16.7. The molecule has 1 saturated heterocycles. The maximum atomic E-state index is 12.1. The zero-order valence-electron chi connectivity index (χ0n) is 13.0. The van der Waals surface area contributed by atoms with Gasteiger partial charge in [0, 0.05) is 18.5 Å². The van der Waals surface area contributed by atoms with Crippen LogP contribution >= 0.6 is 0 Å². The Morgan fingerprint density at radius 3 is 2.71 bits per heavy atom. The number of rotatable bonds is 5. The van der Waals surface area contributed by atoms with E-state index in [-0.39, 0.29) is 25.5 Å². The van der Waals surface area contributed by atoms with Gasteiger partial charge in [-0.1, -0.05) is 30.3 Å². The summed E-state index contributed by atoms with van der Waals surface area (Å²) in [5.74, 6) is -1.30. The number of amides is 1. The van der Waals surface area contributed by atoms with Crippen LogP contribution in [-0.4, -0.2) is 37.1 Å². The van der Waals surface area contributed by atoms with Gasteiger partial charge < -0.3 is 14.8 Å². The summed E-state index contributed by atoms with van der Waals surface area (Å²) in [7, 11) is 0. The van der Waals surface area contributed by atoms with Gasteiger partial charge >= 0.3 is 11.9 Å². The smallest absolute Gasteiger partial charge is 0.347 e. The van der Waals surface area contributed by atoms with E-state index in [0.29, 0.717) is 12.0 Å². The highest BCUT2D eigenvalue weighted by Crippen LogP contribution is 2.15. The van der Waals surface area contributed by atoms with Gasteiger partial charge in [-0.25, -0.2) is 4.79 Å². The summed E-state index contributed by atoms with van der Waals surface area (Å²) in [6.07, 6.45) is -0.425. The first-order valence-corrected chi connectivity index (χ1v) is 7.76. The van der Waals surface area contributed by atoms with Gasteiger partial charge in [0.05, 0.1) is 13.0 Å². The first-order chi connectivity index (χ1) is 11.6. The van der Waals surface area contributed by atoms with Gasteiger partial charge in [0.25, 0.3) is 5.91 Å². The van der Waals surface area contributed by atoms with Crippen molar-refractivity contribution in [2.45, 2.75) is 18.9 Å². The summed E-state index contributed by atoms with van der Waals surface area (Å²) >= 11 is 0. The number of carbonyl (C=O) groups excluding carboxylic acids is 3. The molecular formula is C18H17NO5. The maximum absolute atomic E-state index is 12.1. The van der Waals surface area contributed by atoms with Crippen molar-refractivity contribution in [2.75, 3.05) is 13.2 Å². The third-order valence-corrected chi connectivity index (χ3v) is 3.79. The molecular weight excluding hydrogens is 310 g/mol. The highest BCUT2D eigenvalue weighted by molar-refractivity contribution is 5.98. The van der Waals surface area contributed by atoms with E-state index in [9.17, 15) is 14.4 Å². The van der Waals surface area contributed by atoms with Gasteiger partial charge in [-0.3, -0.25) is 9.59 Å². The van der Waals surface area contributed by atoms with E-state index in [0.717, 1.165) is 10.8 Å². The third-order valence-electron chi connectivity index (χ3n) is 3.79. The lowest BCUT2D eigenvalue weighted by molar-refractivity contribution is -0.160. The van der Waals surface area contributed by atoms with Gasteiger partial charge in [0.15, 0.2) is 0 Å². The number of nitrogens with one attached hydrogen (secondary N) is 1. The molecule has 6 heteroatoms. The van der Waals surface area contributed by atoms with E-state index < -0.39 is 18.0 Å². The average molecular weight is 327 g/mol. The van der Waals surface area contributed by atoms with Crippen molar-refractivity contribution in [1.29, 1.82) is 0 Å². The standard InChI is InChI=1S/C18H17NO5/c20-16(24-15-8-10-23-18(15)22)7-9-19-17(21)14-6-5-12-3-1-2-4-13(12)11-14/h1-6,11,15H,7-10H2,(H,19,21). The van der Waals surface area contributed by atoms with Crippen LogP contribution in [0.4, 0.5) is 0 Å². The minimum atomic E-state index is -0.811. The van der Waals surface area contributed by atoms with Gasteiger partial charge in [-0.05, 0) is 22.9 Å².